The van der Waals surface area contributed by atoms with Crippen molar-refractivity contribution in [3.05, 3.63) is 34.9 Å². The van der Waals surface area contributed by atoms with E-state index in [9.17, 15) is 9.59 Å². The van der Waals surface area contributed by atoms with Gasteiger partial charge in [-0.15, -0.1) is 0 Å². The Morgan fingerprint density at radius 2 is 1.93 bits per heavy atom. The molecule has 0 amide bonds. The van der Waals surface area contributed by atoms with Gasteiger partial charge in [-0.3, -0.25) is 9.59 Å². The summed E-state index contributed by atoms with van der Waals surface area (Å²) < 4.78 is 0. The average Bonchev–Trinajstić information content (AvgIpc) is 2.16. The third-order valence-electron chi connectivity index (χ3n) is 2.19. The highest BCUT2D eigenvalue weighted by Gasteiger charge is 2.36. The number of carbonyl (C=O) groups excluding carboxylic acids is 1. The van der Waals surface area contributed by atoms with Crippen LogP contribution in [0.5, 0.6) is 0 Å². The summed E-state index contributed by atoms with van der Waals surface area (Å²) in [4.78, 5) is 22.7. The highest BCUT2D eigenvalue weighted by molar-refractivity contribution is 6.31. The Morgan fingerprint density at radius 3 is 2.40 bits per heavy atom. The molecular weight excluding hydrogens is 216 g/mol. The number of benzene rings is 1. The van der Waals surface area contributed by atoms with Crippen LogP contribution in [0.3, 0.4) is 0 Å². The van der Waals surface area contributed by atoms with E-state index < -0.39 is 17.2 Å². The lowest BCUT2D eigenvalue weighted by Crippen LogP contribution is -2.33. The normalized spacial score (nSPS) is 11.1. The molecule has 0 saturated heterocycles. The Bertz CT molecular complexity index is 410. The first-order valence-corrected chi connectivity index (χ1v) is 4.77. The number of aliphatic carboxylic acids is 1. The fourth-order valence-corrected chi connectivity index (χ4v) is 1.28. The molecule has 3 nitrogen and oxygen atoms in total. The van der Waals surface area contributed by atoms with Crippen molar-refractivity contribution in [3.63, 3.8) is 0 Å². The quantitative estimate of drug-likeness (QED) is 0.637. The molecule has 1 aromatic rings. The zero-order chi connectivity index (χ0) is 11.6. The molecule has 0 aliphatic rings. The van der Waals surface area contributed by atoms with Gasteiger partial charge in [0.15, 0.2) is 5.78 Å². The number of carboxylic acid groups (broad SMARTS) is 1. The summed E-state index contributed by atoms with van der Waals surface area (Å²) in [5.74, 6) is -1.59. The molecular formula is C11H11ClO3. The van der Waals surface area contributed by atoms with E-state index in [1.807, 2.05) is 0 Å². The van der Waals surface area contributed by atoms with E-state index in [0.717, 1.165) is 0 Å². The fourth-order valence-electron chi connectivity index (χ4n) is 1.09. The van der Waals surface area contributed by atoms with Crippen molar-refractivity contribution in [1.82, 2.24) is 0 Å². The molecule has 0 heterocycles. The molecule has 1 rings (SSSR count). The van der Waals surface area contributed by atoms with Gasteiger partial charge in [-0.2, -0.15) is 0 Å². The molecule has 0 radical (unpaired) electrons. The maximum Gasteiger partial charge on any atom is 0.316 e. The van der Waals surface area contributed by atoms with E-state index in [-0.39, 0.29) is 0 Å². The summed E-state index contributed by atoms with van der Waals surface area (Å²) in [6.07, 6.45) is 0. The molecule has 0 aromatic heterocycles. The summed E-state index contributed by atoms with van der Waals surface area (Å²) in [7, 11) is 0. The van der Waals surface area contributed by atoms with Crippen molar-refractivity contribution >= 4 is 23.4 Å². The molecule has 0 aliphatic heterocycles. The van der Waals surface area contributed by atoms with Crippen LogP contribution in [0.25, 0.3) is 0 Å². The number of Topliss-reactive ketones (excluding diaryl/α,β-unsaturated/α-hetero) is 1. The molecule has 1 N–H and O–H groups in total. The maximum atomic E-state index is 11.8. The third kappa shape index (κ3) is 2.36. The lowest BCUT2D eigenvalue weighted by molar-refractivity contribution is -0.144. The molecule has 4 heteroatoms. The molecule has 0 bridgehead atoms. The summed E-state index contributed by atoms with van der Waals surface area (Å²) >= 11 is 5.72. The number of hydrogen-bond donors (Lipinski definition) is 1. The molecule has 0 saturated carbocycles. The van der Waals surface area contributed by atoms with E-state index in [0.29, 0.717) is 10.6 Å². The smallest absolute Gasteiger partial charge is 0.316 e. The van der Waals surface area contributed by atoms with Gasteiger partial charge in [0, 0.05) is 10.6 Å². The van der Waals surface area contributed by atoms with E-state index in [2.05, 4.69) is 0 Å². The van der Waals surface area contributed by atoms with Crippen LogP contribution in [0, 0.1) is 5.41 Å². The average molecular weight is 227 g/mol. The lowest BCUT2D eigenvalue weighted by Gasteiger charge is -2.17. The highest BCUT2D eigenvalue weighted by atomic mass is 35.5. The number of carboxylic acids is 1. The van der Waals surface area contributed by atoms with Gasteiger partial charge >= 0.3 is 5.97 Å². The van der Waals surface area contributed by atoms with Gasteiger partial charge in [0.1, 0.15) is 5.41 Å². The molecule has 0 atom stereocenters. The van der Waals surface area contributed by atoms with Crippen molar-refractivity contribution in [2.45, 2.75) is 13.8 Å². The Balaban J connectivity index is 3.10. The number of ketones is 1. The topological polar surface area (TPSA) is 54.4 Å². The second-order valence-electron chi connectivity index (χ2n) is 3.77. The van der Waals surface area contributed by atoms with Gasteiger partial charge in [-0.1, -0.05) is 23.7 Å². The van der Waals surface area contributed by atoms with Crippen LogP contribution < -0.4 is 0 Å². The molecule has 0 unspecified atom stereocenters. The fraction of sp³-hybridized carbons (Fsp3) is 0.273. The Labute approximate surface area is 92.7 Å². The minimum absolute atomic E-state index is 0.315. The van der Waals surface area contributed by atoms with Gasteiger partial charge in [0.25, 0.3) is 0 Å². The summed E-state index contributed by atoms with van der Waals surface area (Å²) in [6, 6.07) is 6.27. The van der Waals surface area contributed by atoms with Gasteiger partial charge < -0.3 is 5.11 Å². The van der Waals surface area contributed by atoms with Crippen LogP contribution in [0.4, 0.5) is 0 Å². The molecule has 1 aromatic carbocycles. The Morgan fingerprint density at radius 1 is 1.33 bits per heavy atom. The van der Waals surface area contributed by atoms with Crippen LogP contribution in [-0.4, -0.2) is 16.9 Å². The van der Waals surface area contributed by atoms with Gasteiger partial charge in [0.2, 0.25) is 0 Å². The second-order valence-corrected chi connectivity index (χ2v) is 4.21. The third-order valence-corrected chi connectivity index (χ3v) is 2.42. The van der Waals surface area contributed by atoms with Crippen LogP contribution in [0.2, 0.25) is 5.02 Å². The minimum Gasteiger partial charge on any atom is -0.481 e. The first-order chi connectivity index (χ1) is 6.85. The monoisotopic (exact) mass is 226 g/mol. The van der Waals surface area contributed by atoms with Crippen molar-refractivity contribution in [3.8, 4) is 0 Å². The van der Waals surface area contributed by atoms with Crippen molar-refractivity contribution in [1.29, 1.82) is 0 Å². The summed E-state index contributed by atoms with van der Waals surface area (Å²) in [6.45, 7) is 2.75. The standard InChI is InChI=1S/C11H11ClO3/c1-11(2,10(14)15)9(13)7-4-3-5-8(12)6-7/h3-6H,1-2H3,(H,14,15). The largest absolute Gasteiger partial charge is 0.481 e. The van der Waals surface area contributed by atoms with Crippen LogP contribution >= 0.6 is 11.6 Å². The number of rotatable bonds is 3. The Kier molecular flexibility index (Phi) is 3.15. The zero-order valence-electron chi connectivity index (χ0n) is 8.45. The maximum absolute atomic E-state index is 11.8. The van der Waals surface area contributed by atoms with Crippen LogP contribution in [0.15, 0.2) is 24.3 Å². The molecule has 0 fully saturated rings. The lowest BCUT2D eigenvalue weighted by atomic mass is 9.84. The Hall–Kier alpha value is -1.35. The highest BCUT2D eigenvalue weighted by Crippen LogP contribution is 2.23. The SMILES string of the molecule is CC(C)(C(=O)O)C(=O)c1cccc(Cl)c1. The zero-order valence-corrected chi connectivity index (χ0v) is 9.21. The first-order valence-electron chi connectivity index (χ1n) is 4.39. The van der Waals surface area contributed by atoms with Gasteiger partial charge in [-0.05, 0) is 26.0 Å². The van der Waals surface area contributed by atoms with Crippen molar-refractivity contribution in [2.75, 3.05) is 0 Å². The van der Waals surface area contributed by atoms with E-state index >= 15 is 0 Å². The van der Waals surface area contributed by atoms with E-state index in [4.69, 9.17) is 16.7 Å². The van der Waals surface area contributed by atoms with Crippen molar-refractivity contribution in [2.24, 2.45) is 5.41 Å². The predicted molar refractivity (Wildman–Crippen MR) is 57.2 cm³/mol. The molecule has 15 heavy (non-hydrogen) atoms. The molecule has 0 spiro atoms. The van der Waals surface area contributed by atoms with E-state index in [1.54, 1.807) is 18.2 Å². The first kappa shape index (κ1) is 11.7. The number of halogens is 1. The summed E-state index contributed by atoms with van der Waals surface area (Å²) in [5, 5.41) is 9.31. The van der Waals surface area contributed by atoms with E-state index in [1.165, 1.54) is 19.9 Å². The molecule has 0 aliphatic carbocycles. The van der Waals surface area contributed by atoms with Crippen LogP contribution in [-0.2, 0) is 4.79 Å². The van der Waals surface area contributed by atoms with Crippen molar-refractivity contribution < 1.29 is 14.7 Å². The number of hydrogen-bond acceptors (Lipinski definition) is 2. The second kappa shape index (κ2) is 4.03. The van der Waals surface area contributed by atoms with Crippen LogP contribution in [0.1, 0.15) is 24.2 Å². The minimum atomic E-state index is -1.43. The van der Waals surface area contributed by atoms with Gasteiger partial charge in [0.05, 0.1) is 0 Å². The van der Waals surface area contributed by atoms with Gasteiger partial charge in [-0.25, -0.2) is 0 Å². The predicted octanol–water partition coefficient (Wildman–Crippen LogP) is 2.63. The molecule has 80 valence electrons. The number of carbonyl (C=O) groups is 2. The summed E-state index contributed by atoms with van der Waals surface area (Å²) in [5.41, 5.74) is -1.11.